The van der Waals surface area contributed by atoms with Gasteiger partial charge >= 0.3 is 0 Å². The number of carbonyl (C=O) groups excluding carboxylic acids is 2. The number of aromatic nitrogens is 2. The molecule has 0 spiro atoms. The minimum atomic E-state index is -2.77. The molecule has 0 atom stereocenters. The first-order valence-electron chi connectivity index (χ1n) is 10.0. The fourth-order valence-corrected chi connectivity index (χ4v) is 5.28. The normalized spacial score (nSPS) is 20.8. The van der Waals surface area contributed by atoms with E-state index in [-0.39, 0.29) is 50.2 Å². The first-order chi connectivity index (χ1) is 14.2. The van der Waals surface area contributed by atoms with Crippen molar-refractivity contribution >= 4 is 29.3 Å². The fourth-order valence-electron chi connectivity index (χ4n) is 4.37. The highest BCUT2D eigenvalue weighted by molar-refractivity contribution is 7.17. The molecule has 0 aromatic carbocycles. The van der Waals surface area contributed by atoms with Crippen molar-refractivity contribution in [3.05, 3.63) is 28.5 Å². The average Bonchev–Trinajstić information content (AvgIpc) is 3.40. The first-order valence-corrected chi connectivity index (χ1v) is 10.8. The lowest BCUT2D eigenvalue weighted by Crippen LogP contribution is -2.35. The van der Waals surface area contributed by atoms with E-state index in [4.69, 9.17) is 0 Å². The van der Waals surface area contributed by atoms with Gasteiger partial charge in [0.05, 0.1) is 4.88 Å². The summed E-state index contributed by atoms with van der Waals surface area (Å²) in [5, 5.41) is 3.18. The van der Waals surface area contributed by atoms with E-state index in [2.05, 4.69) is 15.3 Å². The molecule has 2 aliphatic heterocycles. The molecule has 1 amide bonds. The molecule has 30 heavy (non-hydrogen) atoms. The molecule has 2 aromatic heterocycles. The Balaban J connectivity index is 1.78. The molecule has 2 bridgehead atoms. The van der Waals surface area contributed by atoms with Crippen LogP contribution >= 0.6 is 11.3 Å². The molecule has 4 heterocycles. The quantitative estimate of drug-likeness (QED) is 0.675. The molecule has 0 unspecified atom stereocenters. The van der Waals surface area contributed by atoms with E-state index in [0.717, 1.165) is 37.0 Å². The number of alkyl halides is 2. The highest BCUT2D eigenvalue weighted by Gasteiger charge is 2.44. The lowest BCUT2D eigenvalue weighted by Gasteiger charge is -2.23. The Hall–Kier alpha value is -2.42. The van der Waals surface area contributed by atoms with E-state index in [0.29, 0.717) is 12.1 Å². The van der Waals surface area contributed by atoms with Gasteiger partial charge in [-0.3, -0.25) is 9.59 Å². The maximum Gasteiger partial charge on any atom is 0.274 e. The minimum Gasteiger partial charge on any atom is -0.365 e. The Morgan fingerprint density at radius 1 is 1.27 bits per heavy atom. The molecule has 2 fully saturated rings. The van der Waals surface area contributed by atoms with Crippen LogP contribution in [0.5, 0.6) is 0 Å². The monoisotopic (exact) mass is 434 g/mol. The van der Waals surface area contributed by atoms with Crippen molar-refractivity contribution < 1.29 is 18.4 Å². The number of fused-ring (bicyclic) bond motifs is 2. The van der Waals surface area contributed by atoms with Gasteiger partial charge in [0, 0.05) is 34.9 Å². The third-order valence-corrected chi connectivity index (χ3v) is 6.57. The largest absolute Gasteiger partial charge is 0.365 e. The summed E-state index contributed by atoms with van der Waals surface area (Å²) in [6.45, 7) is 5.72. The summed E-state index contributed by atoms with van der Waals surface area (Å²) >= 11 is 0.953. The van der Waals surface area contributed by atoms with Crippen LogP contribution in [0.25, 0.3) is 10.4 Å². The van der Waals surface area contributed by atoms with Crippen molar-refractivity contribution in [2.45, 2.75) is 70.5 Å². The minimum absolute atomic E-state index is 0.0705. The molecule has 1 N–H and O–H groups in total. The van der Waals surface area contributed by atoms with E-state index in [1.165, 1.54) is 12.3 Å². The maximum absolute atomic E-state index is 13.9. The van der Waals surface area contributed by atoms with Crippen molar-refractivity contribution in [3.8, 4) is 10.4 Å². The van der Waals surface area contributed by atoms with Gasteiger partial charge in [-0.1, -0.05) is 0 Å². The zero-order valence-corrected chi connectivity index (χ0v) is 17.9. The number of rotatable bonds is 5. The van der Waals surface area contributed by atoms with E-state index in [1.807, 2.05) is 25.7 Å². The van der Waals surface area contributed by atoms with Crippen LogP contribution in [0.3, 0.4) is 0 Å². The molecule has 0 radical (unpaired) electrons. The highest BCUT2D eigenvalue weighted by atomic mass is 32.1. The number of nitrogens with one attached hydrogen (secondary N) is 1. The zero-order valence-electron chi connectivity index (χ0n) is 17.1. The Morgan fingerprint density at radius 3 is 2.43 bits per heavy atom. The van der Waals surface area contributed by atoms with Crippen LogP contribution in [0.1, 0.15) is 78.7 Å². The summed E-state index contributed by atoms with van der Waals surface area (Å²) in [7, 11) is 0. The van der Waals surface area contributed by atoms with Crippen LogP contribution in [0.15, 0.2) is 12.3 Å². The number of anilines is 1. The van der Waals surface area contributed by atoms with E-state index < -0.39 is 6.43 Å². The molecule has 160 valence electrons. The van der Waals surface area contributed by atoms with Crippen LogP contribution in [-0.4, -0.2) is 44.7 Å². The molecule has 0 saturated carbocycles. The number of hydrogen-bond donors (Lipinski definition) is 1. The molecule has 6 nitrogen and oxygen atoms in total. The van der Waals surface area contributed by atoms with Crippen molar-refractivity contribution in [1.29, 1.82) is 0 Å². The third-order valence-electron chi connectivity index (χ3n) is 5.55. The standard InChI is InChI=1S/C21H24F2N4O2S/c1-21(2,3)26-15-8-13(19(22)23)14(9-24-15)18-17(25-16(10-28)30-18)20(29)27-11-4-5-12(27)7-6-11/h8-12,19H,4-7H2,1-3H3,(H,24,26). The molecule has 2 aromatic rings. The molecule has 2 aliphatic rings. The lowest BCUT2D eigenvalue weighted by molar-refractivity contribution is 0.0725. The Bertz CT molecular complexity index is 966. The van der Waals surface area contributed by atoms with Gasteiger partial charge in [0.15, 0.2) is 11.3 Å². The van der Waals surface area contributed by atoms with E-state index in [1.54, 1.807) is 0 Å². The summed E-state index contributed by atoms with van der Waals surface area (Å²) in [6.07, 6.45) is 2.93. The van der Waals surface area contributed by atoms with Gasteiger partial charge in [-0.15, -0.1) is 11.3 Å². The zero-order chi connectivity index (χ0) is 21.6. The average molecular weight is 435 g/mol. The van der Waals surface area contributed by atoms with E-state index >= 15 is 0 Å². The van der Waals surface area contributed by atoms with Gasteiger partial charge in [-0.05, 0) is 52.5 Å². The molecule has 2 saturated heterocycles. The first kappa shape index (κ1) is 20.8. The van der Waals surface area contributed by atoms with Crippen LogP contribution in [-0.2, 0) is 0 Å². The summed E-state index contributed by atoms with van der Waals surface area (Å²) < 4.78 is 27.9. The van der Waals surface area contributed by atoms with Crippen LogP contribution in [0.4, 0.5) is 14.6 Å². The van der Waals surface area contributed by atoms with Gasteiger partial charge in [0.2, 0.25) is 0 Å². The molecule has 4 rings (SSSR count). The molecule has 0 aliphatic carbocycles. The number of nitrogens with zero attached hydrogens (tertiary/aromatic N) is 3. The predicted molar refractivity (Wildman–Crippen MR) is 111 cm³/mol. The van der Waals surface area contributed by atoms with Gasteiger partial charge < -0.3 is 10.2 Å². The van der Waals surface area contributed by atoms with Gasteiger partial charge in [0.25, 0.3) is 12.3 Å². The number of carbonyl (C=O) groups is 2. The molecular weight excluding hydrogens is 410 g/mol. The third kappa shape index (κ3) is 3.82. The number of thiazole rings is 1. The predicted octanol–water partition coefficient (Wildman–Crippen LogP) is 4.93. The van der Waals surface area contributed by atoms with Crippen molar-refractivity contribution in [1.82, 2.24) is 14.9 Å². The second-order valence-electron chi connectivity index (χ2n) is 8.85. The SMILES string of the molecule is CC(C)(C)Nc1cc(C(F)F)c(-c2sc(C=O)nc2C(=O)N2C3CCC2CC3)cn1. The highest BCUT2D eigenvalue weighted by Crippen LogP contribution is 2.42. The van der Waals surface area contributed by atoms with Gasteiger partial charge in [-0.2, -0.15) is 0 Å². The van der Waals surface area contributed by atoms with Gasteiger partial charge in [-0.25, -0.2) is 18.7 Å². The molecule has 9 heteroatoms. The fraction of sp³-hybridized carbons (Fsp3) is 0.524. The number of aldehydes is 1. The van der Waals surface area contributed by atoms with Crippen molar-refractivity contribution in [3.63, 3.8) is 0 Å². The van der Waals surface area contributed by atoms with Crippen LogP contribution in [0.2, 0.25) is 0 Å². The van der Waals surface area contributed by atoms with Crippen molar-refractivity contribution in [2.75, 3.05) is 5.32 Å². The Morgan fingerprint density at radius 2 is 1.90 bits per heavy atom. The number of pyridine rings is 1. The summed E-state index contributed by atoms with van der Waals surface area (Å²) in [4.78, 5) is 35.3. The second kappa shape index (κ2) is 7.68. The second-order valence-corrected chi connectivity index (χ2v) is 9.89. The maximum atomic E-state index is 13.9. The number of amides is 1. The summed E-state index contributed by atoms with van der Waals surface area (Å²) in [6, 6.07) is 1.64. The number of halogens is 2. The Labute approximate surface area is 177 Å². The van der Waals surface area contributed by atoms with Gasteiger partial charge in [0.1, 0.15) is 11.5 Å². The van der Waals surface area contributed by atoms with Crippen LogP contribution in [0, 0.1) is 0 Å². The van der Waals surface area contributed by atoms with Crippen molar-refractivity contribution in [2.24, 2.45) is 0 Å². The molecular formula is C21H24F2N4O2S. The Kier molecular flexibility index (Phi) is 5.34. The number of hydrogen-bond acceptors (Lipinski definition) is 6. The summed E-state index contributed by atoms with van der Waals surface area (Å²) in [5.74, 6) is 0.0450. The summed E-state index contributed by atoms with van der Waals surface area (Å²) in [5.41, 5.74) is -0.374. The smallest absolute Gasteiger partial charge is 0.274 e. The lowest BCUT2D eigenvalue weighted by atomic mass is 10.0. The van der Waals surface area contributed by atoms with Crippen LogP contribution < -0.4 is 5.32 Å². The topological polar surface area (TPSA) is 75.2 Å². The van der Waals surface area contributed by atoms with E-state index in [9.17, 15) is 18.4 Å².